The van der Waals surface area contributed by atoms with Gasteiger partial charge in [0.25, 0.3) is 11.8 Å². The third kappa shape index (κ3) is 4.61. The van der Waals surface area contributed by atoms with Crippen LogP contribution in [0.4, 0.5) is 5.69 Å². The third-order valence-corrected chi connectivity index (χ3v) is 5.87. The molecule has 0 spiro atoms. The van der Waals surface area contributed by atoms with Gasteiger partial charge >= 0.3 is 0 Å². The van der Waals surface area contributed by atoms with Crippen molar-refractivity contribution in [1.82, 2.24) is 4.90 Å². The van der Waals surface area contributed by atoms with Crippen LogP contribution in [0.15, 0.2) is 84.6 Å². The molecule has 0 atom stereocenters. The normalized spacial score (nSPS) is 13.9. The maximum absolute atomic E-state index is 13.3. The van der Waals surface area contributed by atoms with E-state index in [4.69, 9.17) is 11.6 Å². The van der Waals surface area contributed by atoms with Crippen LogP contribution in [0, 0.1) is 0 Å². The molecule has 0 unspecified atom stereocenters. The van der Waals surface area contributed by atoms with Crippen molar-refractivity contribution in [3.05, 3.63) is 106 Å². The highest BCUT2D eigenvalue weighted by Crippen LogP contribution is 2.31. The van der Waals surface area contributed by atoms with Gasteiger partial charge in [0, 0.05) is 17.3 Å². The summed E-state index contributed by atoms with van der Waals surface area (Å²) in [5, 5.41) is 3.79. The number of nitrogens with zero attached hydrogens (tertiary/aromatic N) is 1. The maximum Gasteiger partial charge on any atom is 0.278 e. The fourth-order valence-electron chi connectivity index (χ4n) is 3.76. The highest BCUT2D eigenvalue weighted by atomic mass is 35.5. The molecule has 0 aromatic heterocycles. The Kier molecular flexibility index (Phi) is 6.42. The smallest absolute Gasteiger partial charge is 0.278 e. The number of hydrogen-bond donors (Lipinski definition) is 1. The minimum absolute atomic E-state index is 0.294. The van der Waals surface area contributed by atoms with E-state index < -0.39 is 0 Å². The van der Waals surface area contributed by atoms with Crippen LogP contribution >= 0.6 is 11.6 Å². The van der Waals surface area contributed by atoms with E-state index in [2.05, 4.69) is 19.2 Å². The Bertz CT molecular complexity index is 1150. The zero-order valence-corrected chi connectivity index (χ0v) is 18.9. The standard InChI is InChI=1S/C27H25ClN2O2/c1-18(2)20-10-14-23(15-11-20)29-25-24(21-8-12-22(28)13-9-21)26(31)30(27(25)32)17-16-19-6-4-3-5-7-19/h3-15,18,29H,16-17H2,1-2H3. The monoisotopic (exact) mass is 444 g/mol. The van der Waals surface area contributed by atoms with Crippen molar-refractivity contribution in [2.45, 2.75) is 26.2 Å². The fourth-order valence-corrected chi connectivity index (χ4v) is 3.89. The maximum atomic E-state index is 13.3. The van der Waals surface area contributed by atoms with E-state index in [9.17, 15) is 9.59 Å². The summed E-state index contributed by atoms with van der Waals surface area (Å²) >= 11 is 6.04. The van der Waals surface area contributed by atoms with Crippen molar-refractivity contribution in [2.75, 3.05) is 11.9 Å². The molecule has 1 aliphatic rings. The summed E-state index contributed by atoms with van der Waals surface area (Å²) in [6.07, 6.45) is 0.600. The van der Waals surface area contributed by atoms with E-state index in [1.807, 2.05) is 54.6 Å². The van der Waals surface area contributed by atoms with Gasteiger partial charge in [-0.15, -0.1) is 0 Å². The molecule has 1 N–H and O–H groups in total. The Labute approximate surface area is 193 Å². The predicted octanol–water partition coefficient (Wildman–Crippen LogP) is 5.90. The second-order valence-electron chi connectivity index (χ2n) is 8.16. The number of halogens is 1. The number of hydrogen-bond acceptors (Lipinski definition) is 3. The van der Waals surface area contributed by atoms with E-state index in [0.717, 1.165) is 11.3 Å². The van der Waals surface area contributed by atoms with E-state index in [1.165, 1.54) is 10.5 Å². The summed E-state index contributed by atoms with van der Waals surface area (Å²) in [6, 6.07) is 24.8. The molecule has 0 aliphatic carbocycles. The Morgan fingerprint density at radius 1 is 0.844 bits per heavy atom. The molecule has 2 amide bonds. The molecule has 162 valence electrons. The molecule has 3 aromatic rings. The first-order valence-electron chi connectivity index (χ1n) is 10.7. The lowest BCUT2D eigenvalue weighted by molar-refractivity contribution is -0.136. The van der Waals surface area contributed by atoms with E-state index in [1.54, 1.807) is 24.3 Å². The van der Waals surface area contributed by atoms with Crippen LogP contribution in [0.25, 0.3) is 5.57 Å². The van der Waals surface area contributed by atoms with Gasteiger partial charge in [0.15, 0.2) is 0 Å². The molecule has 1 aliphatic heterocycles. The van der Waals surface area contributed by atoms with Crippen LogP contribution in [-0.2, 0) is 16.0 Å². The quantitative estimate of drug-likeness (QED) is 0.461. The first kappa shape index (κ1) is 21.8. The highest BCUT2D eigenvalue weighted by Gasteiger charge is 2.38. The number of carbonyl (C=O) groups is 2. The summed E-state index contributed by atoms with van der Waals surface area (Å²) in [4.78, 5) is 28.0. The van der Waals surface area contributed by atoms with Gasteiger partial charge in [-0.05, 0) is 53.3 Å². The van der Waals surface area contributed by atoms with Gasteiger partial charge in [-0.3, -0.25) is 14.5 Å². The van der Waals surface area contributed by atoms with Crippen LogP contribution in [0.2, 0.25) is 5.02 Å². The predicted molar refractivity (Wildman–Crippen MR) is 129 cm³/mol. The van der Waals surface area contributed by atoms with Gasteiger partial charge in [-0.1, -0.05) is 80.0 Å². The van der Waals surface area contributed by atoms with Gasteiger partial charge in [0.05, 0.1) is 5.57 Å². The lowest BCUT2D eigenvalue weighted by Crippen LogP contribution is -2.34. The van der Waals surface area contributed by atoms with Crippen molar-refractivity contribution >= 4 is 34.7 Å². The summed E-state index contributed by atoms with van der Waals surface area (Å²) < 4.78 is 0. The van der Waals surface area contributed by atoms with Gasteiger partial charge in [0.1, 0.15) is 5.70 Å². The molecular weight excluding hydrogens is 420 g/mol. The van der Waals surface area contributed by atoms with Crippen LogP contribution in [0.1, 0.15) is 36.5 Å². The summed E-state index contributed by atoms with van der Waals surface area (Å²) in [5.74, 6) is -0.200. The van der Waals surface area contributed by atoms with Crippen LogP contribution in [0.3, 0.4) is 0 Å². The molecule has 1 heterocycles. The molecule has 5 heteroatoms. The molecule has 0 radical (unpaired) electrons. The molecule has 0 saturated heterocycles. The summed E-state index contributed by atoms with van der Waals surface area (Å²) in [7, 11) is 0. The number of amides is 2. The Morgan fingerprint density at radius 3 is 2.12 bits per heavy atom. The Balaban J connectivity index is 1.65. The van der Waals surface area contributed by atoms with Gasteiger partial charge in [-0.2, -0.15) is 0 Å². The van der Waals surface area contributed by atoms with Crippen molar-refractivity contribution in [3.8, 4) is 0 Å². The molecule has 4 rings (SSSR count). The SMILES string of the molecule is CC(C)c1ccc(NC2=C(c3ccc(Cl)cc3)C(=O)N(CCc3ccccc3)C2=O)cc1. The molecule has 0 fully saturated rings. The van der Waals surface area contributed by atoms with Gasteiger partial charge in [0.2, 0.25) is 0 Å². The van der Waals surface area contributed by atoms with Crippen molar-refractivity contribution < 1.29 is 9.59 Å². The number of carbonyl (C=O) groups excluding carboxylic acids is 2. The number of nitrogens with one attached hydrogen (secondary N) is 1. The molecule has 0 saturated carbocycles. The average Bonchev–Trinajstić information content (AvgIpc) is 3.03. The number of rotatable bonds is 7. The Morgan fingerprint density at radius 2 is 1.50 bits per heavy atom. The van der Waals surface area contributed by atoms with Gasteiger partial charge < -0.3 is 5.32 Å². The average molecular weight is 445 g/mol. The number of anilines is 1. The Hall–Kier alpha value is -3.37. The highest BCUT2D eigenvalue weighted by molar-refractivity contribution is 6.36. The first-order valence-corrected chi connectivity index (χ1v) is 11.1. The van der Waals surface area contributed by atoms with E-state index in [0.29, 0.717) is 40.7 Å². The topological polar surface area (TPSA) is 49.4 Å². The molecule has 32 heavy (non-hydrogen) atoms. The second kappa shape index (κ2) is 9.41. The van der Waals surface area contributed by atoms with Crippen LogP contribution in [-0.4, -0.2) is 23.3 Å². The van der Waals surface area contributed by atoms with Crippen molar-refractivity contribution in [2.24, 2.45) is 0 Å². The molecule has 0 bridgehead atoms. The van der Waals surface area contributed by atoms with Crippen molar-refractivity contribution in [1.29, 1.82) is 0 Å². The second-order valence-corrected chi connectivity index (χ2v) is 8.59. The molecule has 4 nitrogen and oxygen atoms in total. The third-order valence-electron chi connectivity index (χ3n) is 5.61. The minimum atomic E-state index is -0.316. The molecular formula is C27H25ClN2O2. The van der Waals surface area contributed by atoms with E-state index >= 15 is 0 Å². The summed E-state index contributed by atoms with van der Waals surface area (Å²) in [6.45, 7) is 4.58. The number of imide groups is 1. The van der Waals surface area contributed by atoms with Gasteiger partial charge in [-0.25, -0.2) is 0 Å². The van der Waals surface area contributed by atoms with Crippen LogP contribution in [0.5, 0.6) is 0 Å². The van der Waals surface area contributed by atoms with Crippen molar-refractivity contribution in [3.63, 3.8) is 0 Å². The fraction of sp³-hybridized carbons (Fsp3) is 0.185. The minimum Gasteiger partial charge on any atom is -0.350 e. The van der Waals surface area contributed by atoms with Crippen LogP contribution < -0.4 is 5.32 Å². The zero-order valence-electron chi connectivity index (χ0n) is 18.1. The number of benzene rings is 3. The largest absolute Gasteiger partial charge is 0.350 e. The van der Waals surface area contributed by atoms with E-state index in [-0.39, 0.29) is 11.8 Å². The lowest BCUT2D eigenvalue weighted by atomic mass is 10.0. The molecule has 3 aromatic carbocycles. The zero-order chi connectivity index (χ0) is 22.7. The lowest BCUT2D eigenvalue weighted by Gasteiger charge is -2.15. The summed E-state index contributed by atoms with van der Waals surface area (Å²) in [5.41, 5.74) is 4.38. The first-order chi connectivity index (χ1) is 15.4.